The van der Waals surface area contributed by atoms with Crippen LogP contribution in [-0.2, 0) is 14.3 Å². The maximum absolute atomic E-state index is 11.7. The van der Waals surface area contributed by atoms with E-state index < -0.39 is 15.6 Å². The van der Waals surface area contributed by atoms with Gasteiger partial charge in [0, 0.05) is 0 Å². The number of hydrogen-bond acceptors (Lipinski definition) is 3. The van der Waals surface area contributed by atoms with E-state index in [9.17, 15) is 21.6 Å². The molecule has 0 aliphatic carbocycles. The minimum Gasteiger partial charge on any atom is -0.381 e. The van der Waals surface area contributed by atoms with E-state index in [1.807, 2.05) is 0 Å². The van der Waals surface area contributed by atoms with Crippen LogP contribution in [0.3, 0.4) is 0 Å². The predicted octanol–water partition coefficient (Wildman–Crippen LogP) is 2.17. The Morgan fingerprint density at radius 2 is 1.92 bits per heavy atom. The number of hydrogen-bond donors (Lipinski definition) is 0. The number of halogens is 3. The van der Waals surface area contributed by atoms with Gasteiger partial charge in [-0.3, -0.25) is 0 Å². The van der Waals surface area contributed by atoms with Crippen molar-refractivity contribution < 1.29 is 25.8 Å². The van der Waals surface area contributed by atoms with Gasteiger partial charge in [-0.15, -0.1) is 0 Å². The van der Waals surface area contributed by atoms with Crippen LogP contribution in [0.1, 0.15) is 20.3 Å². The van der Waals surface area contributed by atoms with Gasteiger partial charge < -0.3 is 4.18 Å². The Morgan fingerprint density at radius 1 is 1.46 bits per heavy atom. The van der Waals surface area contributed by atoms with E-state index in [-0.39, 0.29) is 5.76 Å². The van der Waals surface area contributed by atoms with Gasteiger partial charge in [-0.25, -0.2) is 0 Å². The van der Waals surface area contributed by atoms with Gasteiger partial charge in [0.1, 0.15) is 5.76 Å². The molecule has 78 valence electrons. The Kier molecular flexibility index (Phi) is 3.77. The molecule has 0 aromatic rings. The molecule has 0 N–H and O–H groups in total. The Balaban J connectivity index is 4.64. The molecule has 0 radical (unpaired) electrons. The summed E-state index contributed by atoms with van der Waals surface area (Å²) in [6, 6.07) is 0. The van der Waals surface area contributed by atoms with Gasteiger partial charge in [0.05, 0.1) is 0 Å². The molecule has 0 spiro atoms. The minimum atomic E-state index is -5.49. The van der Waals surface area contributed by atoms with Gasteiger partial charge in [0.15, 0.2) is 0 Å². The van der Waals surface area contributed by atoms with E-state index in [0.717, 1.165) is 6.92 Å². The number of allylic oxidation sites excluding steroid dienone is 2. The molecule has 0 aliphatic heterocycles. The normalized spacial score (nSPS) is 14.4. The average Bonchev–Trinajstić information content (AvgIpc) is 1.83. The van der Waals surface area contributed by atoms with Crippen LogP contribution in [0.5, 0.6) is 0 Å². The van der Waals surface area contributed by atoms with Gasteiger partial charge >= 0.3 is 15.6 Å². The quantitative estimate of drug-likeness (QED) is 0.414. The van der Waals surface area contributed by atoms with E-state index >= 15 is 0 Å². The molecule has 0 aromatic carbocycles. The zero-order valence-electron chi connectivity index (χ0n) is 7.05. The molecule has 0 fully saturated rings. The van der Waals surface area contributed by atoms with Crippen LogP contribution in [-0.4, -0.2) is 13.9 Å². The summed E-state index contributed by atoms with van der Waals surface area (Å²) in [6.45, 7) is 2.79. The lowest BCUT2D eigenvalue weighted by Crippen LogP contribution is -2.24. The highest BCUT2D eigenvalue weighted by molar-refractivity contribution is 7.87. The lowest BCUT2D eigenvalue weighted by Gasteiger charge is -2.08. The first kappa shape index (κ1) is 12.3. The lowest BCUT2D eigenvalue weighted by atomic mass is 10.4. The molecule has 0 atom stereocenters. The second kappa shape index (κ2) is 3.99. The van der Waals surface area contributed by atoms with E-state index in [1.54, 1.807) is 6.92 Å². The zero-order chi connectivity index (χ0) is 10.7. The van der Waals surface area contributed by atoms with Crippen LogP contribution < -0.4 is 0 Å². The van der Waals surface area contributed by atoms with E-state index in [4.69, 9.17) is 0 Å². The summed E-state index contributed by atoms with van der Waals surface area (Å²) in [4.78, 5) is 0. The maximum atomic E-state index is 11.7. The fraction of sp³-hybridized carbons (Fsp3) is 0.667. The van der Waals surface area contributed by atoms with Crippen LogP contribution in [0.25, 0.3) is 0 Å². The summed E-state index contributed by atoms with van der Waals surface area (Å²) in [6.07, 6.45) is 1.64. The van der Waals surface area contributed by atoms with Crippen LogP contribution in [0.4, 0.5) is 13.2 Å². The monoisotopic (exact) mass is 218 g/mol. The van der Waals surface area contributed by atoms with Gasteiger partial charge in [-0.1, -0.05) is 6.92 Å². The molecule has 0 aromatic heterocycles. The molecule has 7 heteroatoms. The van der Waals surface area contributed by atoms with Crippen molar-refractivity contribution in [1.82, 2.24) is 0 Å². The highest BCUT2D eigenvalue weighted by Gasteiger charge is 2.48. The summed E-state index contributed by atoms with van der Waals surface area (Å²) in [7, 11) is -5.49. The Morgan fingerprint density at radius 3 is 2.23 bits per heavy atom. The molecule has 0 saturated heterocycles. The molecular formula is C6H9F3O3S. The second-order valence-corrected chi connectivity index (χ2v) is 3.74. The molecule has 0 saturated carbocycles. The summed E-state index contributed by atoms with van der Waals surface area (Å²) in [5.41, 5.74) is -5.37. The van der Waals surface area contributed by atoms with Crippen molar-refractivity contribution in [3.8, 4) is 0 Å². The van der Waals surface area contributed by atoms with Gasteiger partial charge in [0.25, 0.3) is 0 Å². The van der Waals surface area contributed by atoms with Crippen molar-refractivity contribution >= 4 is 10.1 Å². The average molecular weight is 218 g/mol. The Hall–Kier alpha value is -0.720. The molecule has 13 heavy (non-hydrogen) atoms. The van der Waals surface area contributed by atoms with E-state index in [2.05, 4.69) is 4.18 Å². The van der Waals surface area contributed by atoms with Gasteiger partial charge in [-0.05, 0) is 19.4 Å². The smallest absolute Gasteiger partial charge is 0.381 e. The minimum absolute atomic E-state index is 0.278. The number of rotatable bonds is 3. The van der Waals surface area contributed by atoms with Crippen molar-refractivity contribution in [3.05, 3.63) is 11.8 Å². The third kappa shape index (κ3) is 3.67. The first-order valence-electron chi connectivity index (χ1n) is 3.38. The summed E-state index contributed by atoms with van der Waals surface area (Å²) >= 11 is 0. The fourth-order valence-electron chi connectivity index (χ4n) is 0.542. The fourth-order valence-corrected chi connectivity index (χ4v) is 1.05. The Bertz CT molecular complexity index is 289. The van der Waals surface area contributed by atoms with E-state index in [1.165, 1.54) is 6.08 Å². The van der Waals surface area contributed by atoms with Gasteiger partial charge in [-0.2, -0.15) is 21.6 Å². The van der Waals surface area contributed by atoms with Crippen molar-refractivity contribution in [2.45, 2.75) is 25.8 Å². The standard InChI is InChI=1S/C6H9F3O3S/c1-3-4-5(2)12-13(10,11)6(7,8)9/h4H,3H2,1-2H3/b5-4+. The molecule has 0 bridgehead atoms. The topological polar surface area (TPSA) is 43.4 Å². The molecule has 0 rings (SSSR count). The molecular weight excluding hydrogens is 209 g/mol. The van der Waals surface area contributed by atoms with Gasteiger partial charge in [0.2, 0.25) is 0 Å². The predicted molar refractivity (Wildman–Crippen MR) is 40.1 cm³/mol. The van der Waals surface area contributed by atoms with Crippen molar-refractivity contribution in [1.29, 1.82) is 0 Å². The lowest BCUT2D eigenvalue weighted by molar-refractivity contribution is -0.0521. The summed E-state index contributed by atoms with van der Waals surface area (Å²) in [5.74, 6) is -0.278. The highest BCUT2D eigenvalue weighted by atomic mass is 32.2. The number of alkyl halides is 3. The molecule has 0 aliphatic rings. The first-order chi connectivity index (χ1) is 5.70. The molecule has 3 nitrogen and oxygen atoms in total. The molecule has 0 amide bonds. The van der Waals surface area contributed by atoms with Crippen LogP contribution >= 0.6 is 0 Å². The van der Waals surface area contributed by atoms with Crippen molar-refractivity contribution in [2.24, 2.45) is 0 Å². The SMILES string of the molecule is CC/C=C(\C)OS(=O)(=O)C(F)(F)F. The third-order valence-electron chi connectivity index (χ3n) is 1.02. The summed E-state index contributed by atoms with van der Waals surface area (Å²) < 4.78 is 59.5. The van der Waals surface area contributed by atoms with Crippen LogP contribution in [0, 0.1) is 0 Å². The van der Waals surface area contributed by atoms with Crippen molar-refractivity contribution in [3.63, 3.8) is 0 Å². The van der Waals surface area contributed by atoms with E-state index in [0.29, 0.717) is 6.42 Å². The third-order valence-corrected chi connectivity index (χ3v) is 2.07. The van der Waals surface area contributed by atoms with Crippen LogP contribution in [0.2, 0.25) is 0 Å². The van der Waals surface area contributed by atoms with Crippen LogP contribution in [0.15, 0.2) is 11.8 Å². The molecule has 0 unspecified atom stereocenters. The zero-order valence-corrected chi connectivity index (χ0v) is 7.87. The first-order valence-corrected chi connectivity index (χ1v) is 4.79. The maximum Gasteiger partial charge on any atom is 0.534 e. The summed E-state index contributed by atoms with van der Waals surface area (Å²) in [5, 5.41) is 0. The largest absolute Gasteiger partial charge is 0.534 e. The molecule has 0 heterocycles. The second-order valence-electron chi connectivity index (χ2n) is 2.21. The van der Waals surface area contributed by atoms with Crippen molar-refractivity contribution in [2.75, 3.05) is 0 Å². The Labute approximate surface area is 74.3 Å². The highest BCUT2D eigenvalue weighted by Crippen LogP contribution is 2.26.